The fourth-order valence-electron chi connectivity index (χ4n) is 4.24. The summed E-state index contributed by atoms with van der Waals surface area (Å²) in [6, 6.07) is 21.1. The monoisotopic (exact) mass is 380 g/mol. The van der Waals surface area contributed by atoms with Crippen LogP contribution in [0.3, 0.4) is 0 Å². The van der Waals surface area contributed by atoms with Crippen molar-refractivity contribution in [2.24, 2.45) is 10.2 Å². The summed E-state index contributed by atoms with van der Waals surface area (Å²) in [5.41, 5.74) is 5.64. The molecule has 2 heterocycles. The Bertz CT molecular complexity index is 1140. The van der Waals surface area contributed by atoms with Crippen molar-refractivity contribution >= 4 is 33.4 Å². The van der Waals surface area contributed by atoms with Crippen molar-refractivity contribution in [3.05, 3.63) is 84.7 Å². The third-order valence-corrected chi connectivity index (χ3v) is 5.76. The first kappa shape index (κ1) is 17.7. The van der Waals surface area contributed by atoms with Crippen LogP contribution in [0.5, 0.6) is 0 Å². The van der Waals surface area contributed by atoms with E-state index in [1.165, 1.54) is 35.2 Å². The Morgan fingerprint density at radius 3 is 2.45 bits per heavy atom. The van der Waals surface area contributed by atoms with Crippen molar-refractivity contribution in [3.8, 4) is 0 Å². The average Bonchev–Trinajstić information content (AvgIpc) is 3.30. The minimum absolute atomic E-state index is 0.908. The molecule has 2 aliphatic heterocycles. The molecule has 4 nitrogen and oxygen atoms in total. The summed E-state index contributed by atoms with van der Waals surface area (Å²) < 4.78 is 0. The largest absolute Gasteiger partial charge is 0.371 e. The first-order chi connectivity index (χ1) is 14.3. The highest BCUT2D eigenvalue weighted by molar-refractivity contribution is 6.01. The smallest absolute Gasteiger partial charge is 0.0936 e. The molecule has 0 amide bonds. The van der Waals surface area contributed by atoms with Gasteiger partial charge in [-0.15, -0.1) is 0 Å². The Morgan fingerprint density at radius 2 is 1.59 bits per heavy atom. The minimum Gasteiger partial charge on any atom is -0.371 e. The first-order valence-corrected chi connectivity index (χ1v) is 10.2. The molecule has 0 atom stereocenters. The number of allylic oxidation sites excluding steroid dienone is 2. The molecule has 144 valence electrons. The Labute approximate surface area is 171 Å². The lowest BCUT2D eigenvalue weighted by Gasteiger charge is -2.23. The van der Waals surface area contributed by atoms with Gasteiger partial charge in [0, 0.05) is 59.6 Å². The van der Waals surface area contributed by atoms with Gasteiger partial charge in [0.1, 0.15) is 0 Å². The summed E-state index contributed by atoms with van der Waals surface area (Å²) in [5.74, 6) is 0. The predicted octanol–water partition coefficient (Wildman–Crippen LogP) is 6.53. The summed E-state index contributed by atoms with van der Waals surface area (Å²) in [4.78, 5) is 4.60. The van der Waals surface area contributed by atoms with Crippen LogP contribution in [0.1, 0.15) is 18.4 Å². The summed E-state index contributed by atoms with van der Waals surface area (Å²) in [6.07, 6.45) is 8.53. The molecule has 4 heteroatoms. The van der Waals surface area contributed by atoms with Gasteiger partial charge in [-0.05, 0) is 37.1 Å². The molecular formula is C25H24N4. The number of nitrogens with zero attached hydrogens (tertiary/aromatic N) is 4. The number of rotatable bonds is 3. The zero-order valence-corrected chi connectivity index (χ0v) is 16.6. The molecular weight excluding hydrogens is 356 g/mol. The number of hydrogen-bond donors (Lipinski definition) is 0. The third kappa shape index (κ3) is 3.31. The summed E-state index contributed by atoms with van der Waals surface area (Å²) >= 11 is 0. The lowest BCUT2D eigenvalue weighted by Crippen LogP contribution is -2.17. The molecule has 0 N–H and O–H groups in total. The van der Waals surface area contributed by atoms with Gasteiger partial charge in [0.25, 0.3) is 0 Å². The van der Waals surface area contributed by atoms with Crippen molar-refractivity contribution in [1.29, 1.82) is 0 Å². The van der Waals surface area contributed by atoms with Gasteiger partial charge in [0.2, 0.25) is 0 Å². The maximum absolute atomic E-state index is 4.57. The molecule has 1 saturated heterocycles. The maximum atomic E-state index is 4.57. The molecule has 3 aromatic rings. The molecule has 0 bridgehead atoms. The zero-order valence-electron chi connectivity index (χ0n) is 16.6. The molecule has 0 unspecified atom stereocenters. The number of anilines is 2. The maximum Gasteiger partial charge on any atom is 0.0936 e. The number of para-hydroxylation sites is 1. The molecule has 5 rings (SSSR count). The van der Waals surface area contributed by atoms with E-state index in [-0.39, 0.29) is 0 Å². The van der Waals surface area contributed by atoms with Crippen LogP contribution in [-0.4, -0.2) is 20.1 Å². The van der Waals surface area contributed by atoms with E-state index in [0.29, 0.717) is 0 Å². The number of hydrogen-bond acceptors (Lipinski definition) is 4. The number of benzene rings is 3. The molecule has 2 aliphatic rings. The van der Waals surface area contributed by atoms with Crippen molar-refractivity contribution in [2.75, 3.05) is 29.9 Å². The van der Waals surface area contributed by atoms with Crippen LogP contribution in [0.15, 0.2) is 89.4 Å². The van der Waals surface area contributed by atoms with E-state index in [2.05, 4.69) is 100 Å². The average molecular weight is 380 g/mol. The van der Waals surface area contributed by atoms with Gasteiger partial charge < -0.3 is 9.80 Å². The van der Waals surface area contributed by atoms with Crippen LogP contribution < -0.4 is 9.80 Å². The fraction of sp³-hybridized carbons (Fsp3) is 0.200. The van der Waals surface area contributed by atoms with E-state index < -0.39 is 0 Å². The normalized spacial score (nSPS) is 17.6. The molecule has 0 saturated carbocycles. The molecule has 0 aromatic heterocycles. The van der Waals surface area contributed by atoms with Crippen molar-refractivity contribution in [3.63, 3.8) is 0 Å². The minimum atomic E-state index is 0.908. The Morgan fingerprint density at radius 1 is 0.828 bits per heavy atom. The Balaban J connectivity index is 1.50. The Hall–Kier alpha value is -3.40. The predicted molar refractivity (Wildman–Crippen MR) is 122 cm³/mol. The molecule has 3 aromatic carbocycles. The third-order valence-electron chi connectivity index (χ3n) is 5.76. The van der Waals surface area contributed by atoms with Crippen LogP contribution in [0, 0.1) is 0 Å². The quantitative estimate of drug-likeness (QED) is 0.484. The first-order valence-electron chi connectivity index (χ1n) is 10.2. The second-order valence-electron chi connectivity index (χ2n) is 7.59. The highest BCUT2D eigenvalue weighted by Gasteiger charge is 2.16. The van der Waals surface area contributed by atoms with E-state index in [4.69, 9.17) is 0 Å². The SMILES string of the molecule is CN1C=CC(=CN=Nc2ccc(N3CCCC3)c3ccccc23)c2ccccc21. The summed E-state index contributed by atoms with van der Waals surface area (Å²) in [5, 5.41) is 11.4. The zero-order chi connectivity index (χ0) is 19.6. The van der Waals surface area contributed by atoms with Gasteiger partial charge in [-0.1, -0.05) is 42.5 Å². The highest BCUT2D eigenvalue weighted by atomic mass is 15.1. The lowest BCUT2D eigenvalue weighted by molar-refractivity contribution is 0.949. The highest BCUT2D eigenvalue weighted by Crippen LogP contribution is 2.36. The lowest BCUT2D eigenvalue weighted by atomic mass is 10.0. The van der Waals surface area contributed by atoms with Crippen LogP contribution in [0.25, 0.3) is 16.3 Å². The number of azo groups is 1. The van der Waals surface area contributed by atoms with E-state index in [1.54, 1.807) is 0 Å². The van der Waals surface area contributed by atoms with Crippen LogP contribution in [0.2, 0.25) is 0 Å². The molecule has 29 heavy (non-hydrogen) atoms. The van der Waals surface area contributed by atoms with Crippen LogP contribution >= 0.6 is 0 Å². The van der Waals surface area contributed by atoms with Gasteiger partial charge in [-0.2, -0.15) is 10.2 Å². The standard InChI is InChI=1S/C25H24N4/c1-28-17-14-19(20-8-4-5-11-24(20)28)18-26-27-23-12-13-25(29-15-6-7-16-29)22-10-3-2-9-21(22)23/h2-5,8-14,17-18H,6-7,15-16H2,1H3. The number of fused-ring (bicyclic) bond motifs is 2. The van der Waals surface area contributed by atoms with E-state index >= 15 is 0 Å². The molecule has 1 fully saturated rings. The van der Waals surface area contributed by atoms with Gasteiger partial charge >= 0.3 is 0 Å². The van der Waals surface area contributed by atoms with Crippen LogP contribution in [-0.2, 0) is 0 Å². The van der Waals surface area contributed by atoms with Crippen molar-refractivity contribution in [1.82, 2.24) is 0 Å². The van der Waals surface area contributed by atoms with Crippen LogP contribution in [0.4, 0.5) is 17.1 Å². The topological polar surface area (TPSA) is 31.2 Å². The summed E-state index contributed by atoms with van der Waals surface area (Å²) in [7, 11) is 2.06. The van der Waals surface area contributed by atoms with Gasteiger partial charge in [0.15, 0.2) is 0 Å². The van der Waals surface area contributed by atoms with Crippen molar-refractivity contribution in [2.45, 2.75) is 12.8 Å². The van der Waals surface area contributed by atoms with Gasteiger partial charge in [-0.25, -0.2) is 0 Å². The van der Waals surface area contributed by atoms with Crippen molar-refractivity contribution < 1.29 is 0 Å². The molecule has 0 radical (unpaired) electrons. The summed E-state index contributed by atoms with van der Waals surface area (Å²) in [6.45, 7) is 2.27. The van der Waals surface area contributed by atoms with E-state index in [0.717, 1.165) is 29.7 Å². The molecule has 0 spiro atoms. The molecule has 0 aliphatic carbocycles. The van der Waals surface area contributed by atoms with E-state index in [9.17, 15) is 0 Å². The van der Waals surface area contributed by atoms with Gasteiger partial charge in [0.05, 0.1) is 11.9 Å². The second-order valence-corrected chi connectivity index (χ2v) is 7.59. The second kappa shape index (κ2) is 7.55. The van der Waals surface area contributed by atoms with E-state index in [1.807, 2.05) is 6.20 Å². The fourth-order valence-corrected chi connectivity index (χ4v) is 4.24. The van der Waals surface area contributed by atoms with Gasteiger partial charge in [-0.3, -0.25) is 0 Å². The Kier molecular flexibility index (Phi) is 4.60.